The minimum Gasteiger partial charge on any atom is -0.490 e. The van der Waals surface area contributed by atoms with Gasteiger partial charge in [-0.1, -0.05) is 13.0 Å². The summed E-state index contributed by atoms with van der Waals surface area (Å²) in [5.41, 5.74) is 0.258. The lowest BCUT2D eigenvalue weighted by molar-refractivity contribution is -0.00832. The van der Waals surface area contributed by atoms with Crippen molar-refractivity contribution in [3.05, 3.63) is 53.8 Å². The molecular formula is C30H43N5O8S3. The lowest BCUT2D eigenvalue weighted by Gasteiger charge is -2.35. The fourth-order valence-electron chi connectivity index (χ4n) is 5.10. The zero-order valence-corrected chi connectivity index (χ0v) is 29.1. The van der Waals surface area contributed by atoms with Gasteiger partial charge in [-0.25, -0.2) is 13.4 Å². The van der Waals surface area contributed by atoms with Gasteiger partial charge < -0.3 is 24.0 Å². The van der Waals surface area contributed by atoms with Crippen molar-refractivity contribution < 1.29 is 36.2 Å². The van der Waals surface area contributed by atoms with Crippen molar-refractivity contribution in [1.29, 1.82) is 0 Å². The molecule has 4 atom stereocenters. The quantitative estimate of drug-likeness (QED) is 0.342. The SMILES string of the molecule is C[C@@H]1CN([C@H](C)CO)C(=O)c2cc(NS(=O)(=O)c3cn(C)cn3)ccc2O[C@@H](C)CCCCO[C@H]1CN(C)S(=O)(=O)c1cccs1. The predicted octanol–water partition coefficient (Wildman–Crippen LogP) is 3.40. The second kappa shape index (κ2) is 15.3. The van der Waals surface area contributed by atoms with E-state index in [-0.39, 0.29) is 58.0 Å². The number of carbonyl (C=O) groups excluding carboxylic acids is 1. The first-order chi connectivity index (χ1) is 21.7. The number of nitrogens with one attached hydrogen (secondary N) is 1. The molecule has 3 heterocycles. The number of anilines is 1. The van der Waals surface area contributed by atoms with E-state index < -0.39 is 38.1 Å². The molecule has 0 radical (unpaired) electrons. The summed E-state index contributed by atoms with van der Waals surface area (Å²) in [5.74, 6) is -0.548. The molecule has 1 aliphatic rings. The number of nitrogens with zero attached hydrogens (tertiary/aromatic N) is 4. The Labute approximate surface area is 275 Å². The fourth-order valence-corrected chi connectivity index (χ4v) is 8.52. The first-order valence-corrected chi connectivity index (χ1v) is 18.9. The maximum absolute atomic E-state index is 14.3. The molecule has 4 rings (SSSR count). The number of benzene rings is 1. The Morgan fingerprint density at radius 2 is 1.96 bits per heavy atom. The van der Waals surface area contributed by atoms with Gasteiger partial charge in [-0.15, -0.1) is 11.3 Å². The molecule has 1 aliphatic heterocycles. The molecule has 0 unspecified atom stereocenters. The third kappa shape index (κ3) is 8.66. The summed E-state index contributed by atoms with van der Waals surface area (Å²) in [6.45, 7) is 5.71. The summed E-state index contributed by atoms with van der Waals surface area (Å²) in [4.78, 5) is 19.7. The Bertz CT molecular complexity index is 1680. The Kier molecular flexibility index (Phi) is 11.9. The molecule has 1 amide bonds. The normalized spacial score (nSPS) is 21.3. The van der Waals surface area contributed by atoms with E-state index >= 15 is 0 Å². The zero-order valence-electron chi connectivity index (χ0n) is 26.7. The molecule has 0 aliphatic carbocycles. The van der Waals surface area contributed by atoms with Gasteiger partial charge in [-0.2, -0.15) is 12.7 Å². The van der Waals surface area contributed by atoms with E-state index in [4.69, 9.17) is 9.47 Å². The zero-order chi connectivity index (χ0) is 33.6. The van der Waals surface area contributed by atoms with Crippen LogP contribution in [-0.2, 0) is 31.8 Å². The first kappa shape index (κ1) is 35.8. The van der Waals surface area contributed by atoms with Crippen LogP contribution >= 0.6 is 11.3 Å². The molecule has 16 heteroatoms. The van der Waals surface area contributed by atoms with Gasteiger partial charge in [0.25, 0.3) is 26.0 Å². The average molecular weight is 698 g/mol. The van der Waals surface area contributed by atoms with Crippen LogP contribution in [0.3, 0.4) is 0 Å². The Morgan fingerprint density at radius 3 is 2.61 bits per heavy atom. The summed E-state index contributed by atoms with van der Waals surface area (Å²) in [6.07, 6.45) is 4.05. The molecule has 0 saturated carbocycles. The number of ether oxygens (including phenoxy) is 2. The second-order valence-corrected chi connectivity index (χ2v) is 16.6. The van der Waals surface area contributed by atoms with Crippen LogP contribution in [0.25, 0.3) is 0 Å². The van der Waals surface area contributed by atoms with E-state index in [1.807, 2.05) is 13.8 Å². The van der Waals surface area contributed by atoms with Gasteiger partial charge in [-0.3, -0.25) is 9.52 Å². The Hall–Kier alpha value is -3.02. The van der Waals surface area contributed by atoms with Crippen molar-refractivity contribution in [3.63, 3.8) is 0 Å². The van der Waals surface area contributed by atoms with Crippen molar-refractivity contribution >= 4 is 43.0 Å². The maximum Gasteiger partial charge on any atom is 0.280 e. The fraction of sp³-hybridized carbons (Fsp3) is 0.533. The number of aliphatic hydroxyl groups is 1. The van der Waals surface area contributed by atoms with E-state index in [1.54, 1.807) is 37.6 Å². The number of imidazole rings is 1. The van der Waals surface area contributed by atoms with Crippen molar-refractivity contribution in [1.82, 2.24) is 18.8 Å². The smallest absolute Gasteiger partial charge is 0.280 e. The number of hydrogen-bond donors (Lipinski definition) is 2. The summed E-state index contributed by atoms with van der Waals surface area (Å²) in [5, 5.41) is 11.7. The molecule has 3 aromatic rings. The Balaban J connectivity index is 1.68. The number of rotatable bonds is 9. The minimum absolute atomic E-state index is 0.0620. The number of thiophene rings is 1. The molecule has 0 bridgehead atoms. The van der Waals surface area contributed by atoms with Crippen molar-refractivity contribution in [3.8, 4) is 5.75 Å². The largest absolute Gasteiger partial charge is 0.490 e. The summed E-state index contributed by atoms with van der Waals surface area (Å²) in [7, 11) is -4.61. The van der Waals surface area contributed by atoms with Crippen molar-refractivity contribution in [2.24, 2.45) is 13.0 Å². The van der Waals surface area contributed by atoms with Gasteiger partial charge in [0.1, 0.15) is 9.96 Å². The van der Waals surface area contributed by atoms with E-state index in [9.17, 15) is 26.7 Å². The molecule has 2 N–H and O–H groups in total. The Morgan fingerprint density at radius 1 is 1.20 bits per heavy atom. The molecule has 0 fully saturated rings. The van der Waals surface area contributed by atoms with Crippen LogP contribution < -0.4 is 9.46 Å². The van der Waals surface area contributed by atoms with Crippen LogP contribution in [0.15, 0.2) is 57.5 Å². The van der Waals surface area contributed by atoms with Crippen LogP contribution in [0.4, 0.5) is 5.69 Å². The van der Waals surface area contributed by atoms with Gasteiger partial charge in [0.2, 0.25) is 0 Å². The van der Waals surface area contributed by atoms with Crippen LogP contribution in [-0.4, -0.2) is 98.2 Å². The lowest BCUT2D eigenvalue weighted by Crippen LogP contribution is -2.48. The predicted molar refractivity (Wildman–Crippen MR) is 175 cm³/mol. The number of hydrogen-bond acceptors (Lipinski definition) is 10. The average Bonchev–Trinajstić information content (AvgIpc) is 3.71. The topological polar surface area (TPSA) is 160 Å². The molecule has 2 aromatic heterocycles. The number of likely N-dealkylation sites (N-methyl/N-ethyl adjacent to an activating group) is 1. The third-order valence-electron chi connectivity index (χ3n) is 7.86. The van der Waals surface area contributed by atoms with Crippen LogP contribution in [0, 0.1) is 5.92 Å². The molecule has 46 heavy (non-hydrogen) atoms. The molecule has 13 nitrogen and oxygen atoms in total. The summed E-state index contributed by atoms with van der Waals surface area (Å²) in [6, 6.07) is 7.13. The molecule has 0 saturated heterocycles. The summed E-state index contributed by atoms with van der Waals surface area (Å²) >= 11 is 1.14. The first-order valence-electron chi connectivity index (χ1n) is 15.1. The number of fused-ring (bicyclic) bond motifs is 1. The van der Waals surface area contributed by atoms with Crippen LogP contribution in [0.2, 0.25) is 0 Å². The van der Waals surface area contributed by atoms with Crippen molar-refractivity contribution in [2.45, 2.75) is 67.5 Å². The second-order valence-electron chi connectivity index (χ2n) is 11.7. The standard InChI is InChI=1S/C30H43N5O8S3/c1-21-16-35(22(2)19-36)30(37)25-15-24(32-45(38,39)28-18-33(4)20-31-28)11-12-26(25)43-23(3)9-6-7-13-42-27(21)17-34(5)46(40,41)29-10-8-14-44-29/h8,10-12,14-15,18,20-23,27,32,36H,6-7,9,13,16-17,19H2,1-5H3/t21-,22-,23+,27+/m1/s1. The van der Waals surface area contributed by atoms with E-state index in [1.165, 1.54) is 45.5 Å². The van der Waals surface area contributed by atoms with Gasteiger partial charge >= 0.3 is 0 Å². The van der Waals surface area contributed by atoms with Gasteiger partial charge in [0, 0.05) is 51.6 Å². The summed E-state index contributed by atoms with van der Waals surface area (Å²) < 4.78 is 70.5. The number of aliphatic hydroxyl groups excluding tert-OH is 1. The van der Waals surface area contributed by atoms with Gasteiger partial charge in [0.05, 0.1) is 36.7 Å². The molecular weight excluding hydrogens is 655 g/mol. The third-order valence-corrected chi connectivity index (χ3v) is 12.3. The number of sulfonamides is 2. The van der Waals surface area contributed by atoms with E-state index in [0.29, 0.717) is 13.0 Å². The highest BCUT2D eigenvalue weighted by Gasteiger charge is 2.33. The van der Waals surface area contributed by atoms with Crippen LogP contribution in [0.1, 0.15) is 50.4 Å². The van der Waals surface area contributed by atoms with Crippen molar-refractivity contribution in [2.75, 3.05) is 38.1 Å². The van der Waals surface area contributed by atoms with Crippen LogP contribution in [0.5, 0.6) is 5.75 Å². The lowest BCUT2D eigenvalue weighted by atomic mass is 10.0. The number of aryl methyl sites for hydroxylation is 1. The highest BCUT2D eigenvalue weighted by atomic mass is 32.2. The number of amides is 1. The molecule has 0 spiro atoms. The van der Waals surface area contributed by atoms with Gasteiger partial charge in [0.15, 0.2) is 5.03 Å². The number of aromatic nitrogens is 2. The van der Waals surface area contributed by atoms with E-state index in [2.05, 4.69) is 9.71 Å². The van der Waals surface area contributed by atoms with E-state index in [0.717, 1.165) is 24.2 Å². The number of carbonyl (C=O) groups is 1. The molecule has 1 aromatic carbocycles. The monoisotopic (exact) mass is 697 g/mol. The minimum atomic E-state index is -4.04. The van der Waals surface area contributed by atoms with Gasteiger partial charge in [-0.05, 0) is 62.8 Å². The maximum atomic E-state index is 14.3. The highest BCUT2D eigenvalue weighted by molar-refractivity contribution is 7.92. The highest BCUT2D eigenvalue weighted by Crippen LogP contribution is 2.30. The molecule has 254 valence electrons.